The lowest BCUT2D eigenvalue weighted by Crippen LogP contribution is -2.28. The number of anilines is 1. The fraction of sp³-hybridized carbons (Fsp3) is 0.250. The van der Waals surface area contributed by atoms with Crippen molar-refractivity contribution in [3.8, 4) is 0 Å². The van der Waals surface area contributed by atoms with Crippen molar-refractivity contribution < 1.29 is 9.90 Å². The van der Waals surface area contributed by atoms with Gasteiger partial charge in [0.1, 0.15) is 11.7 Å². The van der Waals surface area contributed by atoms with Crippen LogP contribution >= 0.6 is 0 Å². The average Bonchev–Trinajstić information content (AvgIpc) is 2.93. The summed E-state index contributed by atoms with van der Waals surface area (Å²) in [5.74, 6) is -1.07. The molecule has 0 saturated carbocycles. The number of carbonyl (C=O) groups is 1. The fourth-order valence-corrected chi connectivity index (χ4v) is 3.33. The molecule has 0 amide bonds. The van der Waals surface area contributed by atoms with Crippen molar-refractivity contribution in [1.82, 2.24) is 19.7 Å². The molecule has 2 atom stereocenters. The molecule has 2 aromatic heterocycles. The number of aliphatic carboxylic acids is 1. The predicted molar refractivity (Wildman–Crippen MR) is 83.9 cm³/mol. The molecular formula is C16H15N5O2. The molecule has 7 heteroatoms. The highest BCUT2D eigenvalue weighted by molar-refractivity contribution is 5.82. The van der Waals surface area contributed by atoms with Crippen molar-refractivity contribution in [2.45, 2.75) is 24.8 Å². The molecule has 0 radical (unpaired) electrons. The summed E-state index contributed by atoms with van der Waals surface area (Å²) in [7, 11) is 0. The van der Waals surface area contributed by atoms with E-state index in [2.05, 4.69) is 15.1 Å². The number of benzene rings is 1. The van der Waals surface area contributed by atoms with Crippen LogP contribution < -0.4 is 5.73 Å². The van der Waals surface area contributed by atoms with Gasteiger partial charge in [-0.1, -0.05) is 24.3 Å². The van der Waals surface area contributed by atoms with Crippen molar-refractivity contribution in [3.63, 3.8) is 0 Å². The Labute approximate surface area is 131 Å². The van der Waals surface area contributed by atoms with Crippen LogP contribution in [0.1, 0.15) is 29.6 Å². The highest BCUT2D eigenvalue weighted by Gasteiger charge is 2.35. The molecule has 0 spiro atoms. The second-order valence-electron chi connectivity index (χ2n) is 5.76. The van der Waals surface area contributed by atoms with Crippen molar-refractivity contribution in [2.75, 3.05) is 5.73 Å². The van der Waals surface area contributed by atoms with Gasteiger partial charge in [-0.2, -0.15) is 4.98 Å². The van der Waals surface area contributed by atoms with Gasteiger partial charge in [0.05, 0.1) is 12.1 Å². The Balaban J connectivity index is 1.82. The lowest BCUT2D eigenvalue weighted by molar-refractivity contribution is -0.139. The quantitative estimate of drug-likeness (QED) is 0.747. The molecule has 3 heterocycles. The van der Waals surface area contributed by atoms with E-state index in [9.17, 15) is 9.90 Å². The summed E-state index contributed by atoms with van der Waals surface area (Å²) in [5, 5.41) is 14.7. The third-order valence-electron chi connectivity index (χ3n) is 4.34. The van der Waals surface area contributed by atoms with E-state index in [4.69, 9.17) is 5.73 Å². The first-order chi connectivity index (χ1) is 11.1. The van der Waals surface area contributed by atoms with Crippen molar-refractivity contribution >= 4 is 22.8 Å². The minimum Gasteiger partial charge on any atom is -0.481 e. The molecule has 1 aliphatic heterocycles. The normalized spacial score (nSPS) is 20.3. The number of fused-ring (bicyclic) bond motifs is 2. The largest absolute Gasteiger partial charge is 0.481 e. The van der Waals surface area contributed by atoms with E-state index < -0.39 is 11.9 Å². The van der Waals surface area contributed by atoms with Crippen LogP contribution in [0.5, 0.6) is 0 Å². The number of aromatic nitrogens is 4. The molecule has 116 valence electrons. The molecular weight excluding hydrogens is 294 g/mol. The summed E-state index contributed by atoms with van der Waals surface area (Å²) >= 11 is 0. The summed E-state index contributed by atoms with van der Waals surface area (Å²) in [4.78, 5) is 20.2. The van der Waals surface area contributed by atoms with Crippen LogP contribution in [0, 0.1) is 0 Å². The van der Waals surface area contributed by atoms with Gasteiger partial charge in [0, 0.05) is 17.5 Å². The monoisotopic (exact) mass is 309 g/mol. The Morgan fingerprint density at radius 1 is 1.30 bits per heavy atom. The standard InChI is InChI=1S/C16H15N5O2/c17-16-19-14-12(15(22)23)7-10(8-21(14)20-16)11-5-1-3-9-4-2-6-18-13(9)11/h1-6,10,12H,7-8H2,(H2,17,20)(H,22,23). The first-order valence-electron chi connectivity index (χ1n) is 7.40. The predicted octanol–water partition coefficient (Wildman–Crippen LogP) is 1.76. The second kappa shape index (κ2) is 5.05. The first-order valence-corrected chi connectivity index (χ1v) is 7.40. The van der Waals surface area contributed by atoms with Gasteiger partial charge in [0.2, 0.25) is 5.95 Å². The van der Waals surface area contributed by atoms with Crippen LogP contribution in [0.15, 0.2) is 36.5 Å². The number of nitrogens with two attached hydrogens (primary N) is 1. The number of nitrogen functional groups attached to an aromatic ring is 1. The van der Waals surface area contributed by atoms with Gasteiger partial charge in [-0.25, -0.2) is 4.68 Å². The number of nitrogens with zero attached hydrogens (tertiary/aromatic N) is 4. The summed E-state index contributed by atoms with van der Waals surface area (Å²) in [5.41, 5.74) is 7.59. The maximum absolute atomic E-state index is 11.6. The number of hydrogen-bond acceptors (Lipinski definition) is 5. The van der Waals surface area contributed by atoms with Crippen LogP contribution in [-0.4, -0.2) is 30.8 Å². The van der Waals surface area contributed by atoms with Crippen molar-refractivity contribution in [3.05, 3.63) is 47.9 Å². The molecule has 3 N–H and O–H groups in total. The number of carboxylic acids is 1. The third kappa shape index (κ3) is 2.21. The van der Waals surface area contributed by atoms with E-state index in [-0.39, 0.29) is 11.9 Å². The zero-order valence-electron chi connectivity index (χ0n) is 12.3. The van der Waals surface area contributed by atoms with E-state index in [1.165, 1.54) is 0 Å². The van der Waals surface area contributed by atoms with Crippen LogP contribution in [0.4, 0.5) is 5.95 Å². The zero-order valence-corrected chi connectivity index (χ0v) is 12.3. The molecule has 1 aliphatic rings. The van der Waals surface area contributed by atoms with Crippen LogP contribution in [0.3, 0.4) is 0 Å². The Morgan fingerprint density at radius 2 is 2.13 bits per heavy atom. The van der Waals surface area contributed by atoms with E-state index in [0.29, 0.717) is 18.8 Å². The smallest absolute Gasteiger partial charge is 0.314 e. The van der Waals surface area contributed by atoms with E-state index in [0.717, 1.165) is 16.5 Å². The summed E-state index contributed by atoms with van der Waals surface area (Å²) in [6, 6.07) is 9.87. The fourth-order valence-electron chi connectivity index (χ4n) is 3.33. The van der Waals surface area contributed by atoms with Gasteiger partial charge >= 0.3 is 5.97 Å². The van der Waals surface area contributed by atoms with Gasteiger partial charge in [0.15, 0.2) is 0 Å². The van der Waals surface area contributed by atoms with E-state index in [1.807, 2.05) is 30.3 Å². The van der Waals surface area contributed by atoms with Crippen molar-refractivity contribution in [1.29, 1.82) is 0 Å². The SMILES string of the molecule is Nc1nc2n(n1)CC(c1cccc3cccnc13)CC2C(=O)O. The molecule has 0 bridgehead atoms. The van der Waals surface area contributed by atoms with Crippen molar-refractivity contribution in [2.24, 2.45) is 0 Å². The summed E-state index contributed by atoms with van der Waals surface area (Å²) < 4.78 is 1.62. The maximum Gasteiger partial charge on any atom is 0.314 e. The van der Waals surface area contributed by atoms with E-state index >= 15 is 0 Å². The van der Waals surface area contributed by atoms with Crippen LogP contribution in [-0.2, 0) is 11.3 Å². The van der Waals surface area contributed by atoms with Gasteiger partial charge in [-0.15, -0.1) is 5.10 Å². The topological polar surface area (TPSA) is 107 Å². The Bertz CT molecular complexity index is 899. The number of hydrogen-bond donors (Lipinski definition) is 2. The molecule has 0 saturated heterocycles. The van der Waals surface area contributed by atoms with Crippen LogP contribution in [0.2, 0.25) is 0 Å². The molecule has 0 fully saturated rings. The molecule has 3 aromatic rings. The van der Waals surface area contributed by atoms with Gasteiger partial charge in [0.25, 0.3) is 0 Å². The molecule has 7 nitrogen and oxygen atoms in total. The third-order valence-corrected chi connectivity index (χ3v) is 4.34. The number of carboxylic acid groups (broad SMARTS) is 1. The van der Waals surface area contributed by atoms with Gasteiger partial charge in [-0.05, 0) is 18.1 Å². The molecule has 4 rings (SSSR count). The second-order valence-corrected chi connectivity index (χ2v) is 5.76. The Kier molecular flexibility index (Phi) is 3.00. The number of para-hydroxylation sites is 1. The minimum absolute atomic E-state index is 0.00306. The number of rotatable bonds is 2. The highest BCUT2D eigenvalue weighted by Crippen LogP contribution is 2.38. The van der Waals surface area contributed by atoms with Crippen LogP contribution in [0.25, 0.3) is 10.9 Å². The summed E-state index contributed by atoms with van der Waals surface area (Å²) in [6.07, 6.45) is 2.21. The lowest BCUT2D eigenvalue weighted by Gasteiger charge is -2.27. The molecule has 23 heavy (non-hydrogen) atoms. The minimum atomic E-state index is -0.906. The molecule has 2 unspecified atom stereocenters. The summed E-state index contributed by atoms with van der Waals surface area (Å²) in [6.45, 7) is 0.555. The maximum atomic E-state index is 11.6. The van der Waals surface area contributed by atoms with Gasteiger partial charge < -0.3 is 10.8 Å². The van der Waals surface area contributed by atoms with Gasteiger partial charge in [-0.3, -0.25) is 9.78 Å². The Morgan fingerprint density at radius 3 is 2.96 bits per heavy atom. The lowest BCUT2D eigenvalue weighted by atomic mass is 9.84. The zero-order chi connectivity index (χ0) is 16.0. The first kappa shape index (κ1) is 13.7. The molecule has 1 aromatic carbocycles. The Hall–Kier alpha value is -2.96. The van der Waals surface area contributed by atoms with E-state index in [1.54, 1.807) is 10.9 Å². The number of pyridine rings is 1. The average molecular weight is 309 g/mol. The highest BCUT2D eigenvalue weighted by atomic mass is 16.4. The molecule has 0 aliphatic carbocycles.